The molecule has 3 aromatic rings. The molecule has 1 unspecified atom stereocenters. The molecular formula is C22H24N4O2S. The van der Waals surface area contributed by atoms with Crippen molar-refractivity contribution in [3.8, 4) is 0 Å². The molecule has 0 fully saturated rings. The van der Waals surface area contributed by atoms with Crippen LogP contribution in [0.4, 0.5) is 5.69 Å². The van der Waals surface area contributed by atoms with E-state index in [1.165, 1.54) is 24.2 Å². The zero-order valence-corrected chi connectivity index (χ0v) is 17.6. The molecule has 1 atom stereocenters. The van der Waals surface area contributed by atoms with Gasteiger partial charge in [-0.3, -0.25) is 9.59 Å². The summed E-state index contributed by atoms with van der Waals surface area (Å²) in [6, 6.07) is 17.0. The van der Waals surface area contributed by atoms with Crippen molar-refractivity contribution in [3.05, 3.63) is 71.5 Å². The van der Waals surface area contributed by atoms with E-state index in [4.69, 9.17) is 0 Å². The molecule has 1 N–H and O–H groups in total. The van der Waals surface area contributed by atoms with Gasteiger partial charge in [-0.2, -0.15) is 0 Å². The maximum Gasteiger partial charge on any atom is 0.237 e. The van der Waals surface area contributed by atoms with Crippen molar-refractivity contribution in [2.24, 2.45) is 0 Å². The Kier molecular flexibility index (Phi) is 6.82. The Morgan fingerprint density at radius 2 is 1.76 bits per heavy atom. The summed E-state index contributed by atoms with van der Waals surface area (Å²) in [6.45, 7) is 6.14. The fourth-order valence-corrected chi connectivity index (χ4v) is 3.81. The Morgan fingerprint density at radius 3 is 2.38 bits per heavy atom. The molecule has 2 aromatic carbocycles. The molecule has 0 bridgehead atoms. The molecule has 0 aliphatic rings. The van der Waals surface area contributed by atoms with Crippen LogP contribution < -0.4 is 5.32 Å². The molecule has 6 nitrogen and oxygen atoms in total. The Labute approximate surface area is 174 Å². The van der Waals surface area contributed by atoms with Gasteiger partial charge in [-0.05, 0) is 50.6 Å². The van der Waals surface area contributed by atoms with Gasteiger partial charge in [-0.1, -0.05) is 42.1 Å². The fraction of sp³-hybridized carbons (Fsp3) is 0.273. The van der Waals surface area contributed by atoms with Crippen LogP contribution in [0.1, 0.15) is 42.5 Å². The minimum absolute atomic E-state index is 0.00277. The van der Waals surface area contributed by atoms with Gasteiger partial charge >= 0.3 is 0 Å². The highest BCUT2D eigenvalue weighted by Gasteiger charge is 2.20. The molecule has 1 aromatic heterocycles. The largest absolute Gasteiger partial charge is 0.325 e. The molecule has 0 saturated heterocycles. The maximum absolute atomic E-state index is 12.6. The average Bonchev–Trinajstić information content (AvgIpc) is 3.10. The number of rotatable bonds is 8. The third-order valence-electron chi connectivity index (χ3n) is 4.53. The van der Waals surface area contributed by atoms with Crippen LogP contribution in [0.2, 0.25) is 0 Å². The summed E-state index contributed by atoms with van der Waals surface area (Å²) in [5.41, 5.74) is 2.45. The number of hydrogen-bond acceptors (Lipinski definition) is 5. The van der Waals surface area contributed by atoms with Gasteiger partial charge in [-0.25, -0.2) is 0 Å². The van der Waals surface area contributed by atoms with Crippen molar-refractivity contribution in [2.75, 3.05) is 5.32 Å². The lowest BCUT2D eigenvalue weighted by atomic mass is 10.1. The predicted octanol–water partition coefficient (Wildman–Crippen LogP) is 4.21. The summed E-state index contributed by atoms with van der Waals surface area (Å²) >= 11 is 1.38. The highest BCUT2D eigenvalue weighted by molar-refractivity contribution is 8.00. The van der Waals surface area contributed by atoms with Crippen molar-refractivity contribution in [3.63, 3.8) is 0 Å². The van der Waals surface area contributed by atoms with Gasteiger partial charge in [0.1, 0.15) is 5.82 Å². The zero-order chi connectivity index (χ0) is 20.8. The van der Waals surface area contributed by atoms with Gasteiger partial charge in [0.25, 0.3) is 0 Å². The number of Topliss-reactive ketones (excluding diaryl/α,β-unsaturated/α-hetero) is 1. The third kappa shape index (κ3) is 5.32. The van der Waals surface area contributed by atoms with Gasteiger partial charge in [0.2, 0.25) is 5.91 Å². The molecule has 0 saturated carbocycles. The minimum atomic E-state index is -0.346. The molecule has 0 radical (unpaired) electrons. The Morgan fingerprint density at radius 1 is 1.07 bits per heavy atom. The number of amides is 1. The Hall–Kier alpha value is -2.93. The van der Waals surface area contributed by atoms with Crippen LogP contribution in [-0.4, -0.2) is 31.7 Å². The maximum atomic E-state index is 12.6. The van der Waals surface area contributed by atoms with Crippen molar-refractivity contribution in [1.82, 2.24) is 14.8 Å². The number of benzene rings is 2. The van der Waals surface area contributed by atoms with Gasteiger partial charge in [-0.15, -0.1) is 10.2 Å². The first-order valence-corrected chi connectivity index (χ1v) is 10.4. The lowest BCUT2D eigenvalue weighted by Gasteiger charge is -2.13. The second-order valence-electron chi connectivity index (χ2n) is 6.69. The molecule has 7 heteroatoms. The van der Waals surface area contributed by atoms with Gasteiger partial charge in [0, 0.05) is 24.2 Å². The van der Waals surface area contributed by atoms with Crippen molar-refractivity contribution in [2.45, 2.75) is 44.1 Å². The Bertz CT molecular complexity index is 984. The van der Waals surface area contributed by atoms with E-state index in [2.05, 4.69) is 27.6 Å². The monoisotopic (exact) mass is 408 g/mol. The van der Waals surface area contributed by atoms with Crippen molar-refractivity contribution in [1.29, 1.82) is 0 Å². The second-order valence-corrected chi connectivity index (χ2v) is 8.00. The highest BCUT2D eigenvalue weighted by atomic mass is 32.2. The molecule has 0 spiro atoms. The highest BCUT2D eigenvalue weighted by Crippen LogP contribution is 2.24. The first-order chi connectivity index (χ1) is 14.0. The molecule has 3 rings (SSSR count). The van der Waals surface area contributed by atoms with Crippen molar-refractivity contribution >= 4 is 29.1 Å². The normalized spacial score (nSPS) is 11.8. The predicted molar refractivity (Wildman–Crippen MR) is 115 cm³/mol. The van der Waals surface area contributed by atoms with E-state index >= 15 is 0 Å². The summed E-state index contributed by atoms with van der Waals surface area (Å²) in [5.74, 6) is 0.756. The number of aromatic nitrogens is 3. The number of nitrogens with one attached hydrogen (secondary N) is 1. The van der Waals surface area contributed by atoms with Crippen LogP contribution in [0.5, 0.6) is 0 Å². The first kappa shape index (κ1) is 20.8. The molecular weight excluding hydrogens is 384 g/mol. The first-order valence-electron chi connectivity index (χ1n) is 9.52. The van der Waals surface area contributed by atoms with Crippen molar-refractivity contribution < 1.29 is 9.59 Å². The van der Waals surface area contributed by atoms with Crippen LogP contribution >= 0.6 is 11.8 Å². The number of carbonyl (C=O) groups excluding carboxylic acids is 2. The average molecular weight is 409 g/mol. The smallest absolute Gasteiger partial charge is 0.237 e. The van der Waals surface area contributed by atoms with Crippen LogP contribution in [0.25, 0.3) is 0 Å². The van der Waals surface area contributed by atoms with E-state index in [1.54, 1.807) is 24.3 Å². The molecule has 0 aliphatic heterocycles. The minimum Gasteiger partial charge on any atom is -0.325 e. The van der Waals surface area contributed by atoms with Crippen LogP contribution in [0.15, 0.2) is 59.8 Å². The van der Waals surface area contributed by atoms with Crippen LogP contribution in [0.3, 0.4) is 0 Å². The summed E-state index contributed by atoms with van der Waals surface area (Å²) < 4.78 is 2.04. The summed E-state index contributed by atoms with van der Waals surface area (Å²) in [6.07, 6.45) is 0.700. The standard InChI is InChI=1S/C22H24N4O2S/c1-4-26-20(14-17-8-6-5-7-9-17)24-25-22(26)29-16(3)21(28)23-19-12-10-18(11-13-19)15(2)27/h5-13,16H,4,14H2,1-3H3,(H,23,28). The summed E-state index contributed by atoms with van der Waals surface area (Å²) in [7, 11) is 0. The number of hydrogen-bond donors (Lipinski definition) is 1. The summed E-state index contributed by atoms with van der Waals surface area (Å²) in [4.78, 5) is 23.9. The summed E-state index contributed by atoms with van der Waals surface area (Å²) in [5, 5.41) is 11.9. The zero-order valence-electron chi connectivity index (χ0n) is 16.8. The molecule has 1 amide bonds. The SMILES string of the molecule is CCn1c(Cc2ccccc2)nnc1SC(C)C(=O)Nc1ccc(C(C)=O)cc1. The van der Waals surface area contributed by atoms with E-state index in [9.17, 15) is 9.59 Å². The van der Waals surface area contributed by atoms with E-state index in [0.29, 0.717) is 17.7 Å². The van der Waals surface area contributed by atoms with Gasteiger partial charge in [0.15, 0.2) is 10.9 Å². The third-order valence-corrected chi connectivity index (χ3v) is 5.61. The number of thioether (sulfide) groups is 1. The van der Waals surface area contributed by atoms with E-state index < -0.39 is 0 Å². The topological polar surface area (TPSA) is 76.9 Å². The second kappa shape index (κ2) is 9.52. The number of anilines is 1. The number of nitrogens with zero attached hydrogens (tertiary/aromatic N) is 3. The number of ketones is 1. The molecule has 29 heavy (non-hydrogen) atoms. The molecule has 150 valence electrons. The van der Waals surface area contributed by atoms with Crippen LogP contribution in [0, 0.1) is 0 Å². The lowest BCUT2D eigenvalue weighted by Crippen LogP contribution is -2.23. The fourth-order valence-electron chi connectivity index (χ4n) is 2.88. The van der Waals surface area contributed by atoms with Gasteiger partial charge in [0.05, 0.1) is 5.25 Å². The lowest BCUT2D eigenvalue weighted by molar-refractivity contribution is -0.115. The van der Waals surface area contributed by atoms with E-state index in [1.807, 2.05) is 36.6 Å². The van der Waals surface area contributed by atoms with Crippen LogP contribution in [-0.2, 0) is 17.8 Å². The quantitative estimate of drug-likeness (QED) is 0.446. The van der Waals surface area contributed by atoms with E-state index in [-0.39, 0.29) is 16.9 Å². The number of carbonyl (C=O) groups is 2. The molecule has 1 heterocycles. The van der Waals surface area contributed by atoms with E-state index in [0.717, 1.165) is 17.5 Å². The molecule has 0 aliphatic carbocycles. The van der Waals surface area contributed by atoms with Gasteiger partial charge < -0.3 is 9.88 Å². The Balaban J connectivity index is 1.65.